The highest BCUT2D eigenvalue weighted by atomic mass is 16.5. The lowest BCUT2D eigenvalue weighted by molar-refractivity contribution is 0.0105. The fourth-order valence-electron chi connectivity index (χ4n) is 3.67. The van der Waals surface area contributed by atoms with Crippen LogP contribution in [-0.4, -0.2) is 29.0 Å². The molecule has 4 rings (SSSR count). The highest BCUT2D eigenvalue weighted by Crippen LogP contribution is 2.50. The molecule has 0 aromatic heterocycles. The molecule has 3 N–H and O–H groups in total. The minimum absolute atomic E-state index is 0.0777. The van der Waals surface area contributed by atoms with Crippen molar-refractivity contribution in [2.24, 2.45) is 0 Å². The van der Waals surface area contributed by atoms with E-state index in [9.17, 15) is 15.3 Å². The van der Waals surface area contributed by atoms with Gasteiger partial charge in [0, 0.05) is 11.6 Å². The summed E-state index contributed by atoms with van der Waals surface area (Å²) < 4.78 is 11.1. The number of ether oxygens (including phenoxy) is 2. The summed E-state index contributed by atoms with van der Waals surface area (Å²) in [5.41, 5.74) is 0.737. The van der Waals surface area contributed by atoms with Crippen LogP contribution in [0.25, 0.3) is 0 Å². The van der Waals surface area contributed by atoms with Gasteiger partial charge >= 0.3 is 0 Å². The molecule has 0 fully saturated rings. The van der Waals surface area contributed by atoms with Gasteiger partial charge in [-0.05, 0) is 47.5 Å². The van der Waals surface area contributed by atoms with Crippen molar-refractivity contribution in [3.05, 3.63) is 83.4 Å². The fourth-order valence-corrected chi connectivity index (χ4v) is 3.67. The van der Waals surface area contributed by atoms with Crippen molar-refractivity contribution in [3.8, 4) is 23.0 Å². The Hall–Kier alpha value is -3.18. The Morgan fingerprint density at radius 1 is 0.926 bits per heavy atom. The smallest absolute Gasteiger partial charge is 0.129 e. The maximum atomic E-state index is 12.0. The molecule has 0 radical (unpaired) electrons. The molecule has 2 atom stereocenters. The van der Waals surface area contributed by atoms with Crippen LogP contribution in [0.2, 0.25) is 0 Å². The predicted molar refractivity (Wildman–Crippen MR) is 100 cm³/mol. The molecular formula is C22H20O5. The number of aliphatic hydroxyl groups is 1. The van der Waals surface area contributed by atoms with Crippen molar-refractivity contribution in [3.63, 3.8) is 0 Å². The molecule has 1 heterocycles. The number of phenols is 2. The highest BCUT2D eigenvalue weighted by molar-refractivity contribution is 5.53. The largest absolute Gasteiger partial charge is 0.508 e. The molecule has 0 amide bonds. The normalized spacial score (nSPS) is 21.2. The lowest BCUT2D eigenvalue weighted by atomic mass is 9.71. The molecule has 3 aromatic carbocycles. The third-order valence-electron chi connectivity index (χ3n) is 5.11. The van der Waals surface area contributed by atoms with Gasteiger partial charge in [0.15, 0.2) is 0 Å². The molecule has 138 valence electrons. The van der Waals surface area contributed by atoms with Gasteiger partial charge in [-0.15, -0.1) is 0 Å². The van der Waals surface area contributed by atoms with E-state index in [1.54, 1.807) is 49.6 Å². The predicted octanol–water partition coefficient (Wildman–Crippen LogP) is 3.52. The van der Waals surface area contributed by atoms with E-state index in [4.69, 9.17) is 9.47 Å². The van der Waals surface area contributed by atoms with Crippen LogP contribution in [-0.2, 0) is 5.60 Å². The molecule has 0 aliphatic carbocycles. The Labute approximate surface area is 157 Å². The summed E-state index contributed by atoms with van der Waals surface area (Å²) in [6.07, 6.45) is 0. The molecule has 1 aliphatic rings. The first-order chi connectivity index (χ1) is 13.0. The number of methoxy groups -OCH3 is 1. The quantitative estimate of drug-likeness (QED) is 0.663. The van der Waals surface area contributed by atoms with Crippen LogP contribution >= 0.6 is 0 Å². The zero-order chi connectivity index (χ0) is 19.0. The first-order valence-electron chi connectivity index (χ1n) is 8.64. The number of phenolic OH excluding ortho intramolecular Hbond substituents is 2. The SMILES string of the molecule is COc1ccc(C2(O)c3ccc(O)cc3OCC2c2ccc(O)cc2)cc1. The van der Waals surface area contributed by atoms with E-state index in [1.807, 2.05) is 12.1 Å². The average molecular weight is 364 g/mol. The Morgan fingerprint density at radius 3 is 2.26 bits per heavy atom. The maximum Gasteiger partial charge on any atom is 0.129 e. The molecule has 0 bridgehead atoms. The van der Waals surface area contributed by atoms with E-state index in [0.29, 0.717) is 22.6 Å². The third kappa shape index (κ3) is 2.86. The first kappa shape index (κ1) is 17.2. The van der Waals surface area contributed by atoms with Crippen LogP contribution in [0, 0.1) is 0 Å². The van der Waals surface area contributed by atoms with Crippen molar-refractivity contribution in [2.45, 2.75) is 11.5 Å². The Kier molecular flexibility index (Phi) is 4.16. The zero-order valence-corrected chi connectivity index (χ0v) is 14.8. The minimum Gasteiger partial charge on any atom is -0.508 e. The second-order valence-corrected chi connectivity index (χ2v) is 6.63. The Bertz CT molecular complexity index is 949. The van der Waals surface area contributed by atoms with Crippen LogP contribution in [0.1, 0.15) is 22.6 Å². The summed E-state index contributed by atoms with van der Waals surface area (Å²) in [7, 11) is 1.59. The van der Waals surface area contributed by atoms with Crippen molar-refractivity contribution in [2.75, 3.05) is 13.7 Å². The first-order valence-corrected chi connectivity index (χ1v) is 8.64. The number of rotatable bonds is 3. The van der Waals surface area contributed by atoms with Crippen molar-refractivity contribution in [1.29, 1.82) is 0 Å². The third-order valence-corrected chi connectivity index (χ3v) is 5.11. The summed E-state index contributed by atoms with van der Waals surface area (Å²) in [5.74, 6) is 0.983. The summed E-state index contributed by atoms with van der Waals surface area (Å²) in [6, 6.07) is 18.7. The monoisotopic (exact) mass is 364 g/mol. The average Bonchev–Trinajstić information content (AvgIpc) is 2.69. The summed E-state index contributed by atoms with van der Waals surface area (Å²) in [6.45, 7) is 0.226. The standard InChI is InChI=1S/C22H20O5/c1-26-18-9-4-15(5-10-18)22(25)19-11-8-17(24)12-21(19)27-13-20(22)14-2-6-16(23)7-3-14/h2-12,20,23-25H,13H2,1H3. The highest BCUT2D eigenvalue weighted by Gasteiger charge is 2.46. The molecule has 5 nitrogen and oxygen atoms in total. The molecule has 0 saturated heterocycles. The molecule has 2 unspecified atom stereocenters. The van der Waals surface area contributed by atoms with Gasteiger partial charge in [-0.2, -0.15) is 0 Å². The Balaban J connectivity index is 1.90. The van der Waals surface area contributed by atoms with Gasteiger partial charge in [-0.3, -0.25) is 0 Å². The lowest BCUT2D eigenvalue weighted by Gasteiger charge is -2.42. The topological polar surface area (TPSA) is 79.2 Å². The number of hydrogen-bond acceptors (Lipinski definition) is 5. The fraction of sp³-hybridized carbons (Fsp3) is 0.182. The molecular weight excluding hydrogens is 344 g/mol. The summed E-state index contributed by atoms with van der Waals surface area (Å²) in [5, 5.41) is 31.4. The number of hydrogen-bond donors (Lipinski definition) is 3. The van der Waals surface area contributed by atoms with E-state index in [0.717, 1.165) is 5.56 Å². The molecule has 27 heavy (non-hydrogen) atoms. The van der Waals surface area contributed by atoms with Gasteiger partial charge in [0.2, 0.25) is 0 Å². The maximum absolute atomic E-state index is 12.0. The van der Waals surface area contributed by atoms with Crippen molar-refractivity contribution in [1.82, 2.24) is 0 Å². The van der Waals surface area contributed by atoms with Gasteiger partial charge in [-0.1, -0.05) is 24.3 Å². The lowest BCUT2D eigenvalue weighted by Crippen LogP contribution is -2.41. The van der Waals surface area contributed by atoms with Gasteiger partial charge in [-0.25, -0.2) is 0 Å². The van der Waals surface area contributed by atoms with Crippen LogP contribution in [0.15, 0.2) is 66.7 Å². The number of fused-ring (bicyclic) bond motifs is 1. The number of aromatic hydroxyl groups is 2. The van der Waals surface area contributed by atoms with Crippen LogP contribution in [0.5, 0.6) is 23.0 Å². The molecule has 1 aliphatic heterocycles. The minimum atomic E-state index is -1.37. The van der Waals surface area contributed by atoms with E-state index < -0.39 is 11.5 Å². The zero-order valence-electron chi connectivity index (χ0n) is 14.8. The summed E-state index contributed by atoms with van der Waals surface area (Å²) in [4.78, 5) is 0. The second-order valence-electron chi connectivity index (χ2n) is 6.63. The van der Waals surface area contributed by atoms with Gasteiger partial charge in [0.25, 0.3) is 0 Å². The Morgan fingerprint density at radius 2 is 1.59 bits per heavy atom. The van der Waals surface area contributed by atoms with Crippen LogP contribution < -0.4 is 9.47 Å². The van der Waals surface area contributed by atoms with E-state index >= 15 is 0 Å². The van der Waals surface area contributed by atoms with Gasteiger partial charge in [0.05, 0.1) is 19.6 Å². The van der Waals surface area contributed by atoms with E-state index in [1.165, 1.54) is 12.1 Å². The molecule has 0 saturated carbocycles. The number of benzene rings is 3. The van der Waals surface area contributed by atoms with Gasteiger partial charge in [0.1, 0.15) is 28.6 Å². The van der Waals surface area contributed by atoms with E-state index in [2.05, 4.69) is 0 Å². The van der Waals surface area contributed by atoms with Crippen molar-refractivity contribution < 1.29 is 24.8 Å². The molecule has 3 aromatic rings. The summed E-state index contributed by atoms with van der Waals surface area (Å²) >= 11 is 0. The van der Waals surface area contributed by atoms with Crippen LogP contribution in [0.3, 0.4) is 0 Å². The van der Waals surface area contributed by atoms with Crippen LogP contribution in [0.4, 0.5) is 0 Å². The second kappa shape index (κ2) is 6.52. The van der Waals surface area contributed by atoms with Gasteiger partial charge < -0.3 is 24.8 Å². The molecule has 5 heteroatoms. The van der Waals surface area contributed by atoms with E-state index in [-0.39, 0.29) is 18.1 Å². The molecule has 0 spiro atoms. The van der Waals surface area contributed by atoms with Crippen molar-refractivity contribution >= 4 is 0 Å².